The lowest BCUT2D eigenvalue weighted by Crippen LogP contribution is -2.39. The van der Waals surface area contributed by atoms with Crippen LogP contribution in [0.5, 0.6) is 0 Å². The van der Waals surface area contributed by atoms with E-state index < -0.39 is 0 Å². The SMILES string of the molecule is N=C1c2ccoc2NCN1c1cccc(N)c1. The first-order chi connectivity index (χ1) is 8.25. The van der Waals surface area contributed by atoms with E-state index >= 15 is 0 Å². The van der Waals surface area contributed by atoms with Gasteiger partial charge in [0.15, 0.2) is 0 Å². The molecule has 1 aromatic carbocycles. The van der Waals surface area contributed by atoms with Crippen molar-refractivity contribution in [1.29, 1.82) is 5.41 Å². The van der Waals surface area contributed by atoms with E-state index in [1.807, 2.05) is 29.2 Å². The van der Waals surface area contributed by atoms with Crippen LogP contribution in [-0.2, 0) is 0 Å². The standard InChI is InChI=1S/C12H12N4O/c13-8-2-1-3-9(6-8)16-7-15-12-10(11(16)14)4-5-17-12/h1-6,14-15H,7,13H2. The van der Waals surface area contributed by atoms with E-state index in [0.29, 0.717) is 24.1 Å². The zero-order chi connectivity index (χ0) is 11.8. The number of hydrogen-bond donors (Lipinski definition) is 3. The van der Waals surface area contributed by atoms with Crippen molar-refractivity contribution >= 4 is 23.1 Å². The molecule has 0 bridgehead atoms. The molecule has 5 heteroatoms. The maximum atomic E-state index is 8.14. The molecule has 2 heterocycles. The molecule has 1 aliphatic heterocycles. The molecule has 0 amide bonds. The number of nitrogens with two attached hydrogens (primary N) is 1. The van der Waals surface area contributed by atoms with Crippen LogP contribution >= 0.6 is 0 Å². The molecule has 4 N–H and O–H groups in total. The highest BCUT2D eigenvalue weighted by molar-refractivity contribution is 6.12. The summed E-state index contributed by atoms with van der Waals surface area (Å²) in [6.45, 7) is 0.503. The molecule has 0 saturated heterocycles. The van der Waals surface area contributed by atoms with Gasteiger partial charge in [0, 0.05) is 11.4 Å². The third-order valence-corrected chi connectivity index (χ3v) is 2.77. The Hall–Kier alpha value is -2.43. The minimum absolute atomic E-state index is 0.415. The van der Waals surface area contributed by atoms with Gasteiger partial charge in [0.1, 0.15) is 5.84 Å². The Morgan fingerprint density at radius 3 is 3.06 bits per heavy atom. The van der Waals surface area contributed by atoms with Crippen LogP contribution in [-0.4, -0.2) is 12.5 Å². The summed E-state index contributed by atoms with van der Waals surface area (Å²) in [4.78, 5) is 1.84. The topological polar surface area (TPSA) is 78.3 Å². The maximum Gasteiger partial charge on any atom is 0.205 e. The Labute approximate surface area is 98.3 Å². The summed E-state index contributed by atoms with van der Waals surface area (Å²) in [6.07, 6.45) is 1.58. The number of furan rings is 1. The van der Waals surface area contributed by atoms with Gasteiger partial charge < -0.3 is 20.4 Å². The minimum Gasteiger partial charge on any atom is -0.448 e. The Kier molecular flexibility index (Phi) is 2.04. The first kappa shape index (κ1) is 9.77. The van der Waals surface area contributed by atoms with Gasteiger partial charge >= 0.3 is 0 Å². The van der Waals surface area contributed by atoms with Crippen LogP contribution in [0.3, 0.4) is 0 Å². The van der Waals surface area contributed by atoms with Gasteiger partial charge in [-0.1, -0.05) is 6.07 Å². The number of nitrogen functional groups attached to an aromatic ring is 1. The number of nitrogens with one attached hydrogen (secondary N) is 2. The summed E-state index contributed by atoms with van der Waals surface area (Å²) >= 11 is 0. The molecule has 0 saturated carbocycles. The fourth-order valence-electron chi connectivity index (χ4n) is 1.92. The molecule has 0 radical (unpaired) electrons. The smallest absolute Gasteiger partial charge is 0.205 e. The molecule has 1 aromatic heterocycles. The number of hydrogen-bond acceptors (Lipinski definition) is 4. The van der Waals surface area contributed by atoms with Crippen LogP contribution in [0.15, 0.2) is 41.0 Å². The highest BCUT2D eigenvalue weighted by Gasteiger charge is 2.24. The summed E-state index contributed by atoms with van der Waals surface area (Å²) in [5.41, 5.74) is 8.10. The van der Waals surface area contributed by atoms with Crippen molar-refractivity contribution < 1.29 is 4.42 Å². The van der Waals surface area contributed by atoms with Gasteiger partial charge in [-0.25, -0.2) is 0 Å². The Morgan fingerprint density at radius 2 is 2.24 bits per heavy atom. The summed E-state index contributed by atoms with van der Waals surface area (Å²) in [5.74, 6) is 1.06. The van der Waals surface area contributed by atoms with Crippen LogP contribution in [0.2, 0.25) is 0 Å². The Balaban J connectivity index is 1.99. The van der Waals surface area contributed by atoms with E-state index in [2.05, 4.69) is 5.32 Å². The second-order valence-corrected chi connectivity index (χ2v) is 3.87. The van der Waals surface area contributed by atoms with Gasteiger partial charge in [-0.15, -0.1) is 0 Å². The normalized spacial score (nSPS) is 14.4. The second kappa shape index (κ2) is 3.55. The van der Waals surface area contributed by atoms with E-state index in [-0.39, 0.29) is 0 Å². The van der Waals surface area contributed by atoms with Crippen LogP contribution in [0, 0.1) is 5.41 Å². The molecule has 17 heavy (non-hydrogen) atoms. The van der Waals surface area contributed by atoms with Crippen molar-refractivity contribution in [3.05, 3.63) is 42.2 Å². The largest absolute Gasteiger partial charge is 0.448 e. The predicted octanol–water partition coefficient (Wildman–Crippen LogP) is 2.08. The molecule has 0 fully saturated rings. The molecule has 0 unspecified atom stereocenters. The molecule has 86 valence electrons. The van der Waals surface area contributed by atoms with Crippen molar-refractivity contribution in [2.24, 2.45) is 0 Å². The zero-order valence-electron chi connectivity index (χ0n) is 9.10. The van der Waals surface area contributed by atoms with E-state index in [1.54, 1.807) is 12.3 Å². The van der Waals surface area contributed by atoms with Crippen molar-refractivity contribution in [1.82, 2.24) is 0 Å². The Bertz CT molecular complexity index is 575. The van der Waals surface area contributed by atoms with E-state index in [0.717, 1.165) is 11.3 Å². The number of anilines is 3. The third-order valence-electron chi connectivity index (χ3n) is 2.77. The molecule has 2 aromatic rings. The van der Waals surface area contributed by atoms with Crippen molar-refractivity contribution in [3.63, 3.8) is 0 Å². The number of nitrogens with zero attached hydrogens (tertiary/aromatic N) is 1. The minimum atomic E-state index is 0.415. The van der Waals surface area contributed by atoms with Crippen LogP contribution in [0.1, 0.15) is 5.56 Å². The van der Waals surface area contributed by atoms with Crippen LogP contribution in [0.4, 0.5) is 17.3 Å². The van der Waals surface area contributed by atoms with Crippen LogP contribution < -0.4 is 16.0 Å². The average molecular weight is 228 g/mol. The maximum absolute atomic E-state index is 8.14. The highest BCUT2D eigenvalue weighted by Crippen LogP contribution is 2.27. The first-order valence-electron chi connectivity index (χ1n) is 5.29. The van der Waals surface area contributed by atoms with Gasteiger partial charge in [0.05, 0.1) is 18.5 Å². The fourth-order valence-corrected chi connectivity index (χ4v) is 1.92. The predicted molar refractivity (Wildman–Crippen MR) is 67.4 cm³/mol. The lowest BCUT2D eigenvalue weighted by Gasteiger charge is -2.29. The number of rotatable bonds is 1. The highest BCUT2D eigenvalue weighted by atomic mass is 16.3. The molecule has 5 nitrogen and oxygen atoms in total. The zero-order valence-corrected chi connectivity index (χ0v) is 9.10. The van der Waals surface area contributed by atoms with Crippen LogP contribution in [0.25, 0.3) is 0 Å². The second-order valence-electron chi connectivity index (χ2n) is 3.87. The Morgan fingerprint density at radius 1 is 1.35 bits per heavy atom. The van der Waals surface area contributed by atoms with Gasteiger partial charge in [0.2, 0.25) is 5.88 Å². The van der Waals surface area contributed by atoms with Gasteiger partial charge in [0.25, 0.3) is 0 Å². The summed E-state index contributed by atoms with van der Waals surface area (Å²) in [6, 6.07) is 9.26. The number of benzene rings is 1. The average Bonchev–Trinajstić information content (AvgIpc) is 2.78. The lowest BCUT2D eigenvalue weighted by molar-refractivity contribution is 0.577. The fraction of sp³-hybridized carbons (Fsp3) is 0.0833. The summed E-state index contributed by atoms with van der Waals surface area (Å²) < 4.78 is 5.23. The molecular formula is C12H12N4O. The molecule has 0 aliphatic carbocycles. The summed E-state index contributed by atoms with van der Waals surface area (Å²) in [7, 11) is 0. The molecular weight excluding hydrogens is 216 g/mol. The van der Waals surface area contributed by atoms with E-state index in [4.69, 9.17) is 15.6 Å². The molecule has 3 rings (SSSR count). The third kappa shape index (κ3) is 1.52. The molecule has 0 spiro atoms. The first-order valence-corrected chi connectivity index (χ1v) is 5.29. The van der Waals surface area contributed by atoms with Gasteiger partial charge in [-0.05, 0) is 24.3 Å². The van der Waals surface area contributed by atoms with Crippen molar-refractivity contribution in [2.45, 2.75) is 0 Å². The number of amidine groups is 1. The van der Waals surface area contributed by atoms with E-state index in [9.17, 15) is 0 Å². The van der Waals surface area contributed by atoms with Gasteiger partial charge in [-0.2, -0.15) is 0 Å². The van der Waals surface area contributed by atoms with Gasteiger partial charge in [-0.3, -0.25) is 5.41 Å². The van der Waals surface area contributed by atoms with Crippen molar-refractivity contribution in [3.8, 4) is 0 Å². The lowest BCUT2D eigenvalue weighted by atomic mass is 10.2. The molecule has 1 aliphatic rings. The van der Waals surface area contributed by atoms with Crippen molar-refractivity contribution in [2.75, 3.05) is 22.6 Å². The monoisotopic (exact) mass is 228 g/mol. The summed E-state index contributed by atoms with van der Waals surface area (Å²) in [5, 5.41) is 11.3. The quantitative estimate of drug-likeness (QED) is 0.653. The number of fused-ring (bicyclic) bond motifs is 1. The van der Waals surface area contributed by atoms with E-state index in [1.165, 1.54) is 0 Å². The molecule has 0 atom stereocenters.